The second kappa shape index (κ2) is 9.75. The van der Waals surface area contributed by atoms with Gasteiger partial charge in [0.15, 0.2) is 0 Å². The fourth-order valence-corrected chi connectivity index (χ4v) is 3.17. The summed E-state index contributed by atoms with van der Waals surface area (Å²) in [6.45, 7) is 2.21. The standard InChI is InChI=1S/C22H23N3O6/c1-2-3-12-31-22(30)24-18(13-19(26)27)14-8-10-15(11-9-14)25-20(28)16-6-4-5-7-17(16)23-21(25)29/h4-11,18H,2-3,12-13H2,1H3,(H,23,29)(H,24,30)(H,26,27). The summed E-state index contributed by atoms with van der Waals surface area (Å²) in [5.41, 5.74) is 0.213. The number of aliphatic carboxylic acids is 1. The van der Waals surface area contributed by atoms with Crippen molar-refractivity contribution in [3.05, 3.63) is 74.9 Å². The first-order valence-electron chi connectivity index (χ1n) is 9.90. The van der Waals surface area contributed by atoms with E-state index in [0.29, 0.717) is 28.6 Å². The number of hydrogen-bond donors (Lipinski definition) is 3. The molecule has 0 saturated heterocycles. The zero-order valence-electron chi connectivity index (χ0n) is 17.0. The Morgan fingerprint density at radius 3 is 2.52 bits per heavy atom. The lowest BCUT2D eigenvalue weighted by molar-refractivity contribution is -0.137. The maximum absolute atomic E-state index is 12.8. The van der Waals surface area contributed by atoms with Gasteiger partial charge in [0.25, 0.3) is 5.56 Å². The quantitative estimate of drug-likeness (QED) is 0.476. The number of aromatic nitrogens is 2. The van der Waals surface area contributed by atoms with Crippen LogP contribution in [0.4, 0.5) is 4.79 Å². The molecular weight excluding hydrogens is 402 g/mol. The van der Waals surface area contributed by atoms with E-state index in [1.165, 1.54) is 12.1 Å². The first kappa shape index (κ1) is 21.8. The number of nitrogens with one attached hydrogen (secondary N) is 2. The van der Waals surface area contributed by atoms with Gasteiger partial charge in [-0.1, -0.05) is 37.6 Å². The minimum atomic E-state index is -1.09. The molecule has 1 heterocycles. The van der Waals surface area contributed by atoms with Crippen molar-refractivity contribution in [2.45, 2.75) is 32.2 Å². The van der Waals surface area contributed by atoms with Crippen molar-refractivity contribution in [3.8, 4) is 5.69 Å². The number of rotatable bonds is 8. The van der Waals surface area contributed by atoms with Gasteiger partial charge in [-0.2, -0.15) is 0 Å². The van der Waals surface area contributed by atoms with Crippen LogP contribution in [0, 0.1) is 0 Å². The molecule has 31 heavy (non-hydrogen) atoms. The second-order valence-corrected chi connectivity index (χ2v) is 6.99. The highest BCUT2D eigenvalue weighted by Crippen LogP contribution is 2.19. The van der Waals surface area contributed by atoms with Crippen molar-refractivity contribution in [1.29, 1.82) is 0 Å². The van der Waals surface area contributed by atoms with Crippen molar-refractivity contribution >= 4 is 23.0 Å². The van der Waals surface area contributed by atoms with Crippen molar-refractivity contribution < 1.29 is 19.4 Å². The minimum Gasteiger partial charge on any atom is -0.481 e. The van der Waals surface area contributed by atoms with E-state index in [0.717, 1.165) is 11.0 Å². The maximum atomic E-state index is 12.8. The van der Waals surface area contributed by atoms with E-state index in [-0.39, 0.29) is 13.0 Å². The predicted molar refractivity (Wildman–Crippen MR) is 115 cm³/mol. The number of nitrogens with zero attached hydrogens (tertiary/aromatic N) is 1. The highest BCUT2D eigenvalue weighted by molar-refractivity contribution is 5.77. The van der Waals surface area contributed by atoms with Gasteiger partial charge in [0.2, 0.25) is 0 Å². The largest absolute Gasteiger partial charge is 0.481 e. The Bertz CT molecular complexity index is 1200. The van der Waals surface area contributed by atoms with E-state index < -0.39 is 29.4 Å². The summed E-state index contributed by atoms with van der Waals surface area (Å²) in [6, 6.07) is 12.1. The van der Waals surface area contributed by atoms with Gasteiger partial charge >= 0.3 is 17.8 Å². The average Bonchev–Trinajstić information content (AvgIpc) is 2.74. The maximum Gasteiger partial charge on any atom is 0.407 e. The number of amides is 1. The number of benzene rings is 2. The molecule has 0 aliphatic rings. The second-order valence-electron chi connectivity index (χ2n) is 6.99. The summed E-state index contributed by atoms with van der Waals surface area (Å²) < 4.78 is 6.05. The third-order valence-corrected chi connectivity index (χ3v) is 4.76. The number of carbonyl (C=O) groups is 2. The fraction of sp³-hybridized carbons (Fsp3) is 0.273. The number of fused-ring (bicyclic) bond motifs is 1. The summed E-state index contributed by atoms with van der Waals surface area (Å²) in [4.78, 5) is 51.1. The molecule has 3 rings (SSSR count). The monoisotopic (exact) mass is 425 g/mol. The van der Waals surface area contributed by atoms with E-state index in [4.69, 9.17) is 4.74 Å². The van der Waals surface area contributed by atoms with Crippen LogP contribution in [0.2, 0.25) is 0 Å². The van der Waals surface area contributed by atoms with Crippen LogP contribution in [0.15, 0.2) is 58.1 Å². The number of para-hydroxylation sites is 1. The van der Waals surface area contributed by atoms with E-state index in [1.807, 2.05) is 6.92 Å². The molecule has 3 aromatic rings. The molecule has 1 aromatic heterocycles. The van der Waals surface area contributed by atoms with Gasteiger partial charge in [0.1, 0.15) is 0 Å². The van der Waals surface area contributed by atoms with Crippen LogP contribution in [0.5, 0.6) is 0 Å². The Balaban J connectivity index is 1.89. The fourth-order valence-electron chi connectivity index (χ4n) is 3.17. The smallest absolute Gasteiger partial charge is 0.407 e. The molecule has 0 aliphatic heterocycles. The molecule has 2 aromatic carbocycles. The molecule has 162 valence electrons. The highest BCUT2D eigenvalue weighted by Gasteiger charge is 2.19. The van der Waals surface area contributed by atoms with Gasteiger partial charge in [-0.15, -0.1) is 0 Å². The number of carboxylic acid groups (broad SMARTS) is 1. The molecule has 1 amide bonds. The Kier molecular flexibility index (Phi) is 6.86. The molecular formula is C22H23N3O6. The predicted octanol–water partition coefficient (Wildman–Crippen LogP) is 2.72. The van der Waals surface area contributed by atoms with Gasteiger partial charge in [-0.3, -0.25) is 9.59 Å². The van der Waals surface area contributed by atoms with Crippen molar-refractivity contribution in [2.24, 2.45) is 0 Å². The molecule has 9 heteroatoms. The average molecular weight is 425 g/mol. The lowest BCUT2D eigenvalue weighted by Gasteiger charge is -2.18. The Morgan fingerprint density at radius 1 is 1.13 bits per heavy atom. The normalized spacial score (nSPS) is 11.8. The topological polar surface area (TPSA) is 130 Å². The summed E-state index contributed by atoms with van der Waals surface area (Å²) in [5, 5.41) is 12.1. The van der Waals surface area contributed by atoms with Gasteiger partial charge in [-0.25, -0.2) is 14.2 Å². The summed E-state index contributed by atoms with van der Waals surface area (Å²) in [7, 11) is 0. The van der Waals surface area contributed by atoms with E-state index in [1.54, 1.807) is 36.4 Å². The van der Waals surface area contributed by atoms with Crippen LogP contribution in [-0.2, 0) is 9.53 Å². The molecule has 0 radical (unpaired) electrons. The molecule has 0 aliphatic carbocycles. The van der Waals surface area contributed by atoms with Gasteiger partial charge in [-0.05, 0) is 36.2 Å². The van der Waals surface area contributed by atoms with Crippen molar-refractivity contribution in [3.63, 3.8) is 0 Å². The Hall–Kier alpha value is -3.88. The third-order valence-electron chi connectivity index (χ3n) is 4.76. The first-order chi connectivity index (χ1) is 14.9. The van der Waals surface area contributed by atoms with Crippen LogP contribution >= 0.6 is 0 Å². The number of carboxylic acids is 1. The molecule has 0 bridgehead atoms. The number of carbonyl (C=O) groups excluding carboxylic acids is 1. The minimum absolute atomic E-state index is 0.245. The number of hydrogen-bond acceptors (Lipinski definition) is 5. The molecule has 0 fully saturated rings. The molecule has 3 N–H and O–H groups in total. The molecule has 1 atom stereocenters. The molecule has 0 spiro atoms. The van der Waals surface area contributed by atoms with E-state index in [2.05, 4.69) is 10.3 Å². The highest BCUT2D eigenvalue weighted by atomic mass is 16.5. The molecule has 0 saturated carbocycles. The first-order valence-corrected chi connectivity index (χ1v) is 9.90. The van der Waals surface area contributed by atoms with Crippen molar-refractivity contribution in [2.75, 3.05) is 6.61 Å². The summed E-state index contributed by atoms with van der Waals surface area (Å²) in [6.07, 6.45) is 0.519. The van der Waals surface area contributed by atoms with E-state index >= 15 is 0 Å². The molecule has 1 unspecified atom stereocenters. The number of aromatic amines is 1. The third kappa shape index (κ3) is 5.19. The zero-order chi connectivity index (χ0) is 22.4. The van der Waals surface area contributed by atoms with Crippen LogP contribution in [-0.4, -0.2) is 33.3 Å². The lowest BCUT2D eigenvalue weighted by atomic mass is 10.0. The molecule has 9 nitrogen and oxygen atoms in total. The van der Waals surface area contributed by atoms with Gasteiger partial charge in [0, 0.05) is 0 Å². The Morgan fingerprint density at radius 2 is 1.84 bits per heavy atom. The van der Waals surface area contributed by atoms with Gasteiger partial charge in [0.05, 0.1) is 35.7 Å². The number of alkyl carbamates (subject to hydrolysis) is 1. The number of H-pyrrole nitrogens is 1. The van der Waals surface area contributed by atoms with Gasteiger partial charge < -0.3 is 20.1 Å². The number of unbranched alkanes of at least 4 members (excludes halogenated alkanes) is 1. The van der Waals surface area contributed by atoms with Crippen LogP contribution in [0.25, 0.3) is 16.6 Å². The summed E-state index contributed by atoms with van der Waals surface area (Å²) in [5.74, 6) is -1.09. The van der Waals surface area contributed by atoms with Crippen LogP contribution < -0.4 is 16.6 Å². The van der Waals surface area contributed by atoms with E-state index in [9.17, 15) is 24.3 Å². The summed E-state index contributed by atoms with van der Waals surface area (Å²) >= 11 is 0. The number of ether oxygens (including phenoxy) is 1. The van der Waals surface area contributed by atoms with Crippen molar-refractivity contribution in [1.82, 2.24) is 14.9 Å². The zero-order valence-corrected chi connectivity index (χ0v) is 17.0. The van der Waals surface area contributed by atoms with Crippen LogP contribution in [0.3, 0.4) is 0 Å². The lowest BCUT2D eigenvalue weighted by Crippen LogP contribution is -2.33. The SMILES string of the molecule is CCCCOC(=O)NC(CC(=O)O)c1ccc(-n2c(=O)[nH]c3ccccc3c2=O)cc1. The Labute approximate surface area is 177 Å². The van der Waals surface area contributed by atoms with Crippen LogP contribution in [0.1, 0.15) is 37.8 Å².